The van der Waals surface area contributed by atoms with Crippen LogP contribution in [0.4, 0.5) is 0 Å². The van der Waals surface area contributed by atoms with E-state index in [1.807, 2.05) is 24.3 Å². The molecule has 0 atom stereocenters. The van der Waals surface area contributed by atoms with Gasteiger partial charge < -0.3 is 4.74 Å². The quantitative estimate of drug-likeness (QED) is 0.515. The van der Waals surface area contributed by atoms with Crippen LogP contribution in [0, 0.1) is 0 Å². The number of ether oxygens (including phenoxy) is 1. The van der Waals surface area contributed by atoms with E-state index in [9.17, 15) is 4.79 Å². The Kier molecular flexibility index (Phi) is 3.22. The summed E-state index contributed by atoms with van der Waals surface area (Å²) in [4.78, 5) is 11.7. The van der Waals surface area contributed by atoms with Gasteiger partial charge in [0.05, 0.1) is 12.2 Å². The molecule has 0 N–H and O–H groups in total. The molecule has 1 aliphatic carbocycles. The highest BCUT2D eigenvalue weighted by atomic mass is 79.9. The van der Waals surface area contributed by atoms with E-state index in [2.05, 4.69) is 34.6 Å². The van der Waals surface area contributed by atoms with Gasteiger partial charge in [-0.3, -0.25) is 0 Å². The third-order valence-electron chi connectivity index (χ3n) is 3.45. The van der Waals surface area contributed by atoms with Crippen molar-refractivity contribution in [2.24, 2.45) is 0 Å². The maximum atomic E-state index is 11.7. The summed E-state index contributed by atoms with van der Waals surface area (Å²) >= 11 is 3.48. The van der Waals surface area contributed by atoms with E-state index >= 15 is 0 Å². The summed E-state index contributed by atoms with van der Waals surface area (Å²) in [6.07, 6.45) is 0. The molecular weight excluding hydrogens is 316 g/mol. The van der Waals surface area contributed by atoms with Crippen molar-refractivity contribution in [3.05, 3.63) is 53.0 Å². The zero-order valence-corrected chi connectivity index (χ0v) is 12.7. The second-order valence-corrected chi connectivity index (χ2v) is 5.56. The molecule has 0 saturated heterocycles. The molecule has 2 aromatic carbocycles. The van der Waals surface area contributed by atoms with Crippen molar-refractivity contribution in [3.63, 3.8) is 0 Å². The second kappa shape index (κ2) is 4.91. The van der Waals surface area contributed by atoms with Gasteiger partial charge in [-0.25, -0.2) is 4.79 Å². The van der Waals surface area contributed by atoms with Crippen LogP contribution in [0.25, 0.3) is 27.8 Å². The van der Waals surface area contributed by atoms with Crippen molar-refractivity contribution in [3.8, 4) is 22.3 Å². The van der Waals surface area contributed by atoms with E-state index in [-0.39, 0.29) is 5.97 Å². The standard InChI is InChI=1S/C17H13BrO2/c1-3-20-17(19)10(2)11-4-6-13-14-7-5-12(18)9-16(14)15(13)8-11/h4-9H,2-3H2,1H3. The van der Waals surface area contributed by atoms with Crippen LogP contribution in [0.15, 0.2) is 47.4 Å². The Morgan fingerprint density at radius 2 is 1.75 bits per heavy atom. The van der Waals surface area contributed by atoms with Crippen molar-refractivity contribution < 1.29 is 9.53 Å². The molecular formula is C17H13BrO2. The van der Waals surface area contributed by atoms with Crippen LogP contribution in [0.5, 0.6) is 0 Å². The molecule has 0 unspecified atom stereocenters. The first-order valence-corrected chi connectivity index (χ1v) is 7.22. The fourth-order valence-electron chi connectivity index (χ4n) is 2.44. The fraction of sp³-hybridized carbons (Fsp3) is 0.118. The first-order chi connectivity index (χ1) is 9.61. The highest BCUT2D eigenvalue weighted by molar-refractivity contribution is 9.10. The van der Waals surface area contributed by atoms with Crippen LogP contribution in [0.3, 0.4) is 0 Å². The van der Waals surface area contributed by atoms with Gasteiger partial charge in [0.15, 0.2) is 0 Å². The van der Waals surface area contributed by atoms with Crippen molar-refractivity contribution in [1.29, 1.82) is 0 Å². The predicted octanol–water partition coefficient (Wildman–Crippen LogP) is 4.67. The van der Waals surface area contributed by atoms with Crippen LogP contribution in [0.2, 0.25) is 0 Å². The monoisotopic (exact) mass is 328 g/mol. The topological polar surface area (TPSA) is 26.3 Å². The molecule has 1 aliphatic rings. The number of hydrogen-bond donors (Lipinski definition) is 0. The molecule has 0 bridgehead atoms. The van der Waals surface area contributed by atoms with E-state index in [1.54, 1.807) is 6.92 Å². The van der Waals surface area contributed by atoms with Crippen molar-refractivity contribution in [2.45, 2.75) is 6.92 Å². The number of esters is 1. The molecule has 3 heteroatoms. The number of halogens is 1. The Bertz CT molecular complexity index is 732. The summed E-state index contributed by atoms with van der Waals surface area (Å²) < 4.78 is 6.04. The van der Waals surface area contributed by atoms with Crippen molar-refractivity contribution >= 4 is 27.5 Å². The van der Waals surface area contributed by atoms with E-state index in [0.717, 1.165) is 15.6 Å². The van der Waals surface area contributed by atoms with Crippen LogP contribution in [-0.4, -0.2) is 12.6 Å². The minimum absolute atomic E-state index is 0.360. The Labute approximate surface area is 126 Å². The first-order valence-electron chi connectivity index (χ1n) is 6.42. The lowest BCUT2D eigenvalue weighted by atomic mass is 9.79. The molecule has 0 fully saturated rings. The van der Waals surface area contributed by atoms with Gasteiger partial charge in [0.1, 0.15) is 0 Å². The van der Waals surface area contributed by atoms with Crippen molar-refractivity contribution in [1.82, 2.24) is 0 Å². The van der Waals surface area contributed by atoms with Gasteiger partial charge in [0.2, 0.25) is 0 Å². The molecule has 2 nitrogen and oxygen atoms in total. The maximum Gasteiger partial charge on any atom is 0.338 e. The Morgan fingerprint density at radius 1 is 1.10 bits per heavy atom. The average molecular weight is 329 g/mol. The van der Waals surface area contributed by atoms with E-state index in [1.165, 1.54) is 16.7 Å². The van der Waals surface area contributed by atoms with Crippen LogP contribution in [-0.2, 0) is 9.53 Å². The number of carbonyl (C=O) groups excluding carboxylic acids is 1. The summed E-state index contributed by atoms with van der Waals surface area (Å²) in [5, 5.41) is 0. The maximum absolute atomic E-state index is 11.7. The predicted molar refractivity (Wildman–Crippen MR) is 84.2 cm³/mol. The van der Waals surface area contributed by atoms with Gasteiger partial charge in [-0.1, -0.05) is 40.7 Å². The molecule has 0 radical (unpaired) electrons. The average Bonchev–Trinajstić information content (AvgIpc) is 2.44. The van der Waals surface area contributed by atoms with Gasteiger partial charge >= 0.3 is 5.97 Å². The normalized spacial score (nSPS) is 11.1. The zero-order valence-electron chi connectivity index (χ0n) is 11.1. The lowest BCUT2D eigenvalue weighted by Crippen LogP contribution is -2.07. The molecule has 3 rings (SSSR count). The highest BCUT2D eigenvalue weighted by Crippen LogP contribution is 2.48. The molecule has 0 spiro atoms. The minimum atomic E-state index is -0.360. The van der Waals surface area contributed by atoms with Gasteiger partial charge in [0.25, 0.3) is 0 Å². The van der Waals surface area contributed by atoms with Crippen molar-refractivity contribution in [2.75, 3.05) is 6.61 Å². The van der Waals surface area contributed by atoms with E-state index in [4.69, 9.17) is 4.74 Å². The number of rotatable bonds is 3. The number of benzene rings is 2. The van der Waals surface area contributed by atoms with Gasteiger partial charge in [-0.15, -0.1) is 0 Å². The molecule has 0 heterocycles. The van der Waals surface area contributed by atoms with Gasteiger partial charge in [-0.2, -0.15) is 0 Å². The smallest absolute Gasteiger partial charge is 0.338 e. The summed E-state index contributed by atoms with van der Waals surface area (Å²) in [6, 6.07) is 12.2. The molecule has 0 aromatic heterocycles. The molecule has 100 valence electrons. The molecule has 0 amide bonds. The summed E-state index contributed by atoms with van der Waals surface area (Å²) in [5.41, 5.74) is 6.03. The van der Waals surface area contributed by atoms with Crippen LogP contribution >= 0.6 is 15.9 Å². The molecule has 20 heavy (non-hydrogen) atoms. The van der Waals surface area contributed by atoms with E-state index in [0.29, 0.717) is 12.2 Å². The first kappa shape index (κ1) is 13.1. The molecule has 2 aromatic rings. The van der Waals surface area contributed by atoms with Gasteiger partial charge in [-0.05, 0) is 52.9 Å². The Hall–Kier alpha value is -1.87. The molecule has 0 aliphatic heterocycles. The fourth-order valence-corrected chi connectivity index (χ4v) is 2.80. The summed E-state index contributed by atoms with van der Waals surface area (Å²) in [7, 11) is 0. The Morgan fingerprint density at radius 3 is 2.45 bits per heavy atom. The number of carbonyl (C=O) groups is 1. The zero-order chi connectivity index (χ0) is 14.3. The lowest BCUT2D eigenvalue weighted by molar-refractivity contribution is -0.136. The number of fused-ring (bicyclic) bond motifs is 4. The highest BCUT2D eigenvalue weighted by Gasteiger charge is 2.23. The SMILES string of the molecule is C=C(C(=O)OCC)c1ccc2c(c1)-c1cc(Br)ccc1-2. The lowest BCUT2D eigenvalue weighted by Gasteiger charge is -2.25. The summed E-state index contributed by atoms with van der Waals surface area (Å²) in [6.45, 7) is 5.98. The van der Waals surface area contributed by atoms with Crippen LogP contribution < -0.4 is 0 Å². The largest absolute Gasteiger partial charge is 0.462 e. The van der Waals surface area contributed by atoms with E-state index < -0.39 is 0 Å². The minimum Gasteiger partial charge on any atom is -0.462 e. The Balaban J connectivity index is 1.96. The van der Waals surface area contributed by atoms with Crippen LogP contribution in [0.1, 0.15) is 12.5 Å². The summed E-state index contributed by atoms with van der Waals surface area (Å²) in [5.74, 6) is -0.360. The van der Waals surface area contributed by atoms with Gasteiger partial charge in [0, 0.05) is 4.47 Å². The second-order valence-electron chi connectivity index (χ2n) is 4.65. The third-order valence-corrected chi connectivity index (χ3v) is 3.95. The third kappa shape index (κ3) is 1.98. The number of hydrogen-bond acceptors (Lipinski definition) is 2. The molecule has 0 saturated carbocycles.